The first-order chi connectivity index (χ1) is 14.8. The zero-order chi connectivity index (χ0) is 22.8. The first-order valence-corrected chi connectivity index (χ1v) is 11.3. The molecule has 0 saturated heterocycles. The molecule has 0 unspecified atom stereocenters. The number of ether oxygens (including phenoxy) is 1. The predicted octanol–water partition coefficient (Wildman–Crippen LogP) is 4.56. The summed E-state index contributed by atoms with van der Waals surface area (Å²) in [7, 11) is 0. The van der Waals surface area contributed by atoms with Crippen LogP contribution < -0.4 is 10.6 Å². The number of hydrogen-bond acceptors (Lipinski definition) is 6. The number of amides is 2. The third-order valence-corrected chi connectivity index (χ3v) is 5.29. The second-order valence-electron chi connectivity index (χ2n) is 8.27. The fourth-order valence-electron chi connectivity index (χ4n) is 3.10. The predicted molar refractivity (Wildman–Crippen MR) is 120 cm³/mol. The van der Waals surface area contributed by atoms with Gasteiger partial charge in [-0.25, -0.2) is 9.78 Å². The highest BCUT2D eigenvalue weighted by molar-refractivity contribution is 7.10. The number of nitriles is 1. The monoisotopic (exact) mass is 442 g/mol. The van der Waals surface area contributed by atoms with E-state index >= 15 is 0 Å². The number of nitrogens with one attached hydrogen (secondary N) is 2. The Bertz CT molecular complexity index is 890. The third kappa shape index (κ3) is 8.38. The summed E-state index contributed by atoms with van der Waals surface area (Å²) in [5.74, 6) is 0.214. The average molecular weight is 443 g/mol. The summed E-state index contributed by atoms with van der Waals surface area (Å²) in [5, 5.41) is 16.9. The summed E-state index contributed by atoms with van der Waals surface area (Å²) in [6.45, 7) is 8.22. The Balaban J connectivity index is 2.05. The molecule has 166 valence electrons. The Morgan fingerprint density at radius 1 is 1.10 bits per heavy atom. The fraction of sp³-hybridized carbons (Fsp3) is 0.478. The third-order valence-electron chi connectivity index (χ3n) is 4.53. The van der Waals surface area contributed by atoms with Gasteiger partial charge in [0.15, 0.2) is 5.01 Å². The Morgan fingerprint density at radius 3 is 2.35 bits per heavy atom. The van der Waals surface area contributed by atoms with E-state index in [1.165, 1.54) is 11.3 Å². The summed E-state index contributed by atoms with van der Waals surface area (Å²) >= 11 is 1.25. The molecule has 2 aromatic rings. The lowest BCUT2D eigenvalue weighted by molar-refractivity contribution is -0.124. The zero-order valence-corrected chi connectivity index (χ0v) is 19.2. The minimum atomic E-state index is -0.730. The first-order valence-electron chi connectivity index (χ1n) is 10.4. The molecule has 1 aromatic heterocycles. The number of benzene rings is 1. The van der Waals surface area contributed by atoms with Crippen LogP contribution in [-0.2, 0) is 16.1 Å². The zero-order valence-electron chi connectivity index (χ0n) is 18.4. The fourth-order valence-corrected chi connectivity index (χ4v) is 3.77. The SMILES string of the molecule is CC(C)C[C@H](NC(=O)OCc1ccccc1)C(=O)N[C@H](CC(C)C)c1csc(C#N)n1. The maximum absolute atomic E-state index is 13.1. The molecule has 2 rings (SSSR count). The highest BCUT2D eigenvalue weighted by Gasteiger charge is 2.27. The molecule has 7 nitrogen and oxygen atoms in total. The van der Waals surface area contributed by atoms with Crippen LogP contribution in [0.4, 0.5) is 4.79 Å². The molecule has 1 aromatic carbocycles. The van der Waals surface area contributed by atoms with Crippen LogP contribution in [0.25, 0.3) is 0 Å². The van der Waals surface area contributed by atoms with E-state index in [4.69, 9.17) is 10.00 Å². The van der Waals surface area contributed by atoms with Crippen molar-refractivity contribution in [2.75, 3.05) is 0 Å². The van der Waals surface area contributed by atoms with E-state index in [1.807, 2.05) is 50.2 Å². The van der Waals surface area contributed by atoms with Crippen LogP contribution in [0.1, 0.15) is 62.8 Å². The Labute approximate surface area is 187 Å². The summed E-state index contributed by atoms with van der Waals surface area (Å²) in [6.07, 6.45) is 0.513. The van der Waals surface area contributed by atoms with Crippen molar-refractivity contribution < 1.29 is 14.3 Å². The molecule has 0 aliphatic rings. The maximum atomic E-state index is 13.1. The number of hydrogen-bond donors (Lipinski definition) is 2. The largest absolute Gasteiger partial charge is 0.445 e. The number of aromatic nitrogens is 1. The molecule has 2 amide bonds. The van der Waals surface area contributed by atoms with Gasteiger partial charge in [-0.1, -0.05) is 58.0 Å². The first kappa shape index (κ1) is 24.4. The van der Waals surface area contributed by atoms with Crippen LogP contribution >= 0.6 is 11.3 Å². The van der Waals surface area contributed by atoms with Crippen molar-refractivity contribution in [3.05, 3.63) is 52.0 Å². The smallest absolute Gasteiger partial charge is 0.408 e. The van der Waals surface area contributed by atoms with E-state index in [2.05, 4.69) is 29.5 Å². The molecule has 8 heteroatoms. The summed E-state index contributed by atoms with van der Waals surface area (Å²) in [6, 6.07) is 10.3. The van der Waals surface area contributed by atoms with E-state index in [9.17, 15) is 9.59 Å². The summed E-state index contributed by atoms with van der Waals surface area (Å²) in [4.78, 5) is 29.7. The molecule has 31 heavy (non-hydrogen) atoms. The molecule has 1 heterocycles. The lowest BCUT2D eigenvalue weighted by Gasteiger charge is -2.24. The minimum Gasteiger partial charge on any atom is -0.445 e. The van der Waals surface area contributed by atoms with Crippen LogP contribution in [0, 0.1) is 23.2 Å². The van der Waals surface area contributed by atoms with Crippen molar-refractivity contribution >= 4 is 23.3 Å². The van der Waals surface area contributed by atoms with Crippen molar-refractivity contribution in [1.82, 2.24) is 15.6 Å². The van der Waals surface area contributed by atoms with Gasteiger partial charge in [-0.05, 0) is 30.2 Å². The normalized spacial score (nSPS) is 12.8. The van der Waals surface area contributed by atoms with Gasteiger partial charge in [-0.3, -0.25) is 4.79 Å². The number of nitrogens with zero attached hydrogens (tertiary/aromatic N) is 2. The molecule has 2 atom stereocenters. The summed E-state index contributed by atoms with van der Waals surface area (Å²) in [5.41, 5.74) is 1.54. The number of alkyl carbamates (subject to hydrolysis) is 1. The minimum absolute atomic E-state index is 0.133. The van der Waals surface area contributed by atoms with Crippen molar-refractivity contribution in [2.45, 2.75) is 59.2 Å². The average Bonchev–Trinajstić information content (AvgIpc) is 3.20. The standard InChI is InChI=1S/C23H30N4O3S/c1-15(2)10-18(20-14-31-21(12-24)25-20)26-22(28)19(11-16(3)4)27-23(29)30-13-17-8-6-5-7-9-17/h5-9,14-16,18-19H,10-11,13H2,1-4H3,(H,26,28)(H,27,29)/t18-,19+/m1/s1. The Morgan fingerprint density at radius 2 is 1.77 bits per heavy atom. The van der Waals surface area contributed by atoms with Crippen molar-refractivity contribution in [3.8, 4) is 6.07 Å². The molecule has 0 radical (unpaired) electrons. The lowest BCUT2D eigenvalue weighted by Crippen LogP contribution is -2.48. The van der Waals surface area contributed by atoms with Crippen LogP contribution in [0.3, 0.4) is 0 Å². The van der Waals surface area contributed by atoms with Gasteiger partial charge in [0.25, 0.3) is 0 Å². The van der Waals surface area contributed by atoms with Gasteiger partial charge in [0.05, 0.1) is 11.7 Å². The molecule has 0 saturated carbocycles. The van der Waals surface area contributed by atoms with Gasteiger partial charge in [0.1, 0.15) is 18.7 Å². The van der Waals surface area contributed by atoms with Crippen LogP contribution in [0.2, 0.25) is 0 Å². The van der Waals surface area contributed by atoms with Gasteiger partial charge < -0.3 is 15.4 Å². The Hall–Kier alpha value is -2.92. The number of carbonyl (C=O) groups is 2. The molecule has 0 aliphatic carbocycles. The van der Waals surface area contributed by atoms with Crippen molar-refractivity contribution in [1.29, 1.82) is 5.26 Å². The van der Waals surface area contributed by atoms with Gasteiger partial charge in [-0.2, -0.15) is 5.26 Å². The highest BCUT2D eigenvalue weighted by atomic mass is 32.1. The van der Waals surface area contributed by atoms with Crippen molar-refractivity contribution in [3.63, 3.8) is 0 Å². The van der Waals surface area contributed by atoms with E-state index in [0.717, 1.165) is 5.56 Å². The van der Waals surface area contributed by atoms with E-state index < -0.39 is 12.1 Å². The van der Waals surface area contributed by atoms with E-state index in [-0.39, 0.29) is 24.5 Å². The molecule has 0 bridgehead atoms. The number of thiazole rings is 1. The van der Waals surface area contributed by atoms with Crippen molar-refractivity contribution in [2.24, 2.45) is 11.8 Å². The highest BCUT2D eigenvalue weighted by Crippen LogP contribution is 2.23. The van der Waals surface area contributed by atoms with Gasteiger partial charge >= 0.3 is 6.09 Å². The molecule has 2 N–H and O–H groups in total. The van der Waals surface area contributed by atoms with E-state index in [0.29, 0.717) is 29.5 Å². The summed E-state index contributed by atoms with van der Waals surface area (Å²) < 4.78 is 5.29. The molecular formula is C23H30N4O3S. The van der Waals surface area contributed by atoms with Crippen LogP contribution in [0.5, 0.6) is 0 Å². The van der Waals surface area contributed by atoms with Gasteiger partial charge in [0.2, 0.25) is 5.91 Å². The van der Waals surface area contributed by atoms with Crippen LogP contribution in [0.15, 0.2) is 35.7 Å². The molecule has 0 aliphatic heterocycles. The lowest BCUT2D eigenvalue weighted by atomic mass is 9.99. The topological polar surface area (TPSA) is 104 Å². The van der Waals surface area contributed by atoms with Gasteiger partial charge in [-0.15, -0.1) is 11.3 Å². The van der Waals surface area contributed by atoms with E-state index in [1.54, 1.807) is 5.38 Å². The number of carbonyl (C=O) groups excluding carboxylic acids is 2. The van der Waals surface area contributed by atoms with Crippen LogP contribution in [-0.4, -0.2) is 23.0 Å². The second kappa shape index (κ2) is 12.1. The maximum Gasteiger partial charge on any atom is 0.408 e. The molecule has 0 spiro atoms. The molecule has 0 fully saturated rings. The number of rotatable bonds is 10. The quantitative estimate of drug-likeness (QED) is 0.561. The second-order valence-corrected chi connectivity index (χ2v) is 9.13. The Kier molecular flexibility index (Phi) is 9.47. The van der Waals surface area contributed by atoms with Gasteiger partial charge in [0, 0.05) is 5.38 Å². The molecular weight excluding hydrogens is 412 g/mol.